The maximum absolute atomic E-state index is 11.1. The third-order valence-corrected chi connectivity index (χ3v) is 3.49. The van der Waals surface area contributed by atoms with Gasteiger partial charge in [-0.25, -0.2) is 0 Å². The Morgan fingerprint density at radius 1 is 1.41 bits per heavy atom. The van der Waals surface area contributed by atoms with Crippen LogP contribution in [0.1, 0.15) is 25.8 Å². The maximum atomic E-state index is 11.1. The summed E-state index contributed by atoms with van der Waals surface area (Å²) in [7, 11) is 2.01. The van der Waals surface area contributed by atoms with Crippen molar-refractivity contribution in [2.24, 2.45) is 5.41 Å². The van der Waals surface area contributed by atoms with Crippen molar-refractivity contribution < 1.29 is 4.79 Å². The molecular weight excluding hydrogens is 234 g/mol. The average Bonchev–Trinajstić information content (AvgIpc) is 2.32. The number of benzene rings is 1. The van der Waals surface area contributed by atoms with E-state index in [0.717, 1.165) is 36.4 Å². The number of aldehydes is 1. The van der Waals surface area contributed by atoms with Gasteiger partial charge in [-0.05, 0) is 25.1 Å². The molecule has 0 spiro atoms. The van der Waals surface area contributed by atoms with Crippen molar-refractivity contribution in [3.8, 4) is 0 Å². The summed E-state index contributed by atoms with van der Waals surface area (Å²) < 4.78 is 0. The highest BCUT2D eigenvalue weighted by atomic mass is 35.5. The highest BCUT2D eigenvalue weighted by molar-refractivity contribution is 6.31. The molecule has 2 nitrogen and oxygen atoms in total. The summed E-state index contributed by atoms with van der Waals surface area (Å²) in [5.41, 5.74) is 0.830. The van der Waals surface area contributed by atoms with Gasteiger partial charge in [-0.1, -0.05) is 43.6 Å². The molecule has 0 aliphatic rings. The van der Waals surface area contributed by atoms with E-state index in [-0.39, 0.29) is 5.41 Å². The number of nitrogens with zero attached hydrogens (tertiary/aromatic N) is 1. The van der Waals surface area contributed by atoms with Crippen LogP contribution in [0.15, 0.2) is 24.3 Å². The van der Waals surface area contributed by atoms with Gasteiger partial charge in [-0.2, -0.15) is 0 Å². The molecule has 1 aromatic carbocycles. The van der Waals surface area contributed by atoms with Gasteiger partial charge in [0.25, 0.3) is 0 Å². The number of rotatable bonds is 6. The van der Waals surface area contributed by atoms with E-state index in [1.807, 2.05) is 45.2 Å². The minimum Gasteiger partial charge on any atom is -0.303 e. The molecule has 17 heavy (non-hydrogen) atoms. The molecule has 1 aromatic rings. The SMILES string of the molecule is CCC(C)(C=O)CN(C)Cc1ccccc1Cl. The fourth-order valence-electron chi connectivity index (χ4n) is 1.82. The highest BCUT2D eigenvalue weighted by Crippen LogP contribution is 2.21. The third-order valence-electron chi connectivity index (χ3n) is 3.12. The molecule has 0 bridgehead atoms. The van der Waals surface area contributed by atoms with Crippen LogP contribution in [0.5, 0.6) is 0 Å². The molecule has 0 radical (unpaired) electrons. The van der Waals surface area contributed by atoms with Gasteiger partial charge in [-0.3, -0.25) is 0 Å². The molecule has 0 aliphatic heterocycles. The Bertz CT molecular complexity index is 380. The number of hydrogen-bond donors (Lipinski definition) is 0. The molecule has 0 heterocycles. The first-order chi connectivity index (χ1) is 8.00. The van der Waals surface area contributed by atoms with E-state index in [1.165, 1.54) is 0 Å². The lowest BCUT2D eigenvalue weighted by atomic mass is 9.89. The van der Waals surface area contributed by atoms with E-state index >= 15 is 0 Å². The number of halogens is 1. The average molecular weight is 254 g/mol. The number of carbonyl (C=O) groups excluding carboxylic acids is 1. The van der Waals surface area contributed by atoms with Crippen molar-refractivity contribution in [2.45, 2.75) is 26.8 Å². The van der Waals surface area contributed by atoms with Crippen LogP contribution < -0.4 is 0 Å². The highest BCUT2D eigenvalue weighted by Gasteiger charge is 2.23. The van der Waals surface area contributed by atoms with Crippen molar-refractivity contribution in [2.75, 3.05) is 13.6 Å². The fourth-order valence-corrected chi connectivity index (χ4v) is 2.02. The van der Waals surface area contributed by atoms with E-state index in [0.29, 0.717) is 0 Å². The first-order valence-corrected chi connectivity index (χ1v) is 6.27. The molecule has 0 fully saturated rings. The molecule has 0 aromatic heterocycles. The smallest absolute Gasteiger partial charge is 0.127 e. The molecule has 0 saturated heterocycles. The molecule has 0 amide bonds. The molecule has 0 N–H and O–H groups in total. The Balaban J connectivity index is 2.64. The van der Waals surface area contributed by atoms with E-state index < -0.39 is 0 Å². The molecule has 0 saturated carbocycles. The molecule has 1 rings (SSSR count). The summed E-state index contributed by atoms with van der Waals surface area (Å²) in [6.07, 6.45) is 1.90. The van der Waals surface area contributed by atoms with Crippen molar-refractivity contribution in [3.63, 3.8) is 0 Å². The van der Waals surface area contributed by atoms with Crippen LogP contribution in [0.2, 0.25) is 5.02 Å². The molecule has 3 heteroatoms. The van der Waals surface area contributed by atoms with Gasteiger partial charge in [0.15, 0.2) is 0 Å². The Morgan fingerprint density at radius 2 is 2.06 bits per heavy atom. The number of carbonyl (C=O) groups is 1. The van der Waals surface area contributed by atoms with Crippen molar-refractivity contribution in [1.82, 2.24) is 4.90 Å². The molecule has 1 atom stereocenters. The Labute approximate surface area is 109 Å². The monoisotopic (exact) mass is 253 g/mol. The van der Waals surface area contributed by atoms with Gasteiger partial charge < -0.3 is 9.69 Å². The van der Waals surface area contributed by atoms with Crippen molar-refractivity contribution >= 4 is 17.9 Å². The van der Waals surface area contributed by atoms with Gasteiger partial charge in [0.2, 0.25) is 0 Å². The maximum Gasteiger partial charge on any atom is 0.127 e. The summed E-state index contributed by atoms with van der Waals surface area (Å²) >= 11 is 6.11. The van der Waals surface area contributed by atoms with Crippen molar-refractivity contribution in [1.29, 1.82) is 0 Å². The molecule has 94 valence electrons. The summed E-state index contributed by atoms with van der Waals surface area (Å²) in [4.78, 5) is 13.2. The summed E-state index contributed by atoms with van der Waals surface area (Å²) in [6, 6.07) is 7.81. The lowest BCUT2D eigenvalue weighted by molar-refractivity contribution is -0.116. The number of hydrogen-bond acceptors (Lipinski definition) is 2. The second-order valence-corrected chi connectivity index (χ2v) is 5.30. The second-order valence-electron chi connectivity index (χ2n) is 4.89. The summed E-state index contributed by atoms with van der Waals surface area (Å²) in [5, 5.41) is 0.781. The van der Waals surface area contributed by atoms with Crippen LogP contribution in [0.25, 0.3) is 0 Å². The zero-order valence-corrected chi connectivity index (χ0v) is 11.5. The van der Waals surface area contributed by atoms with Gasteiger partial charge in [-0.15, -0.1) is 0 Å². The summed E-state index contributed by atoms with van der Waals surface area (Å²) in [5.74, 6) is 0. The first-order valence-electron chi connectivity index (χ1n) is 5.89. The van der Waals surface area contributed by atoms with Crippen LogP contribution in [-0.4, -0.2) is 24.8 Å². The molecular formula is C14H20ClNO. The van der Waals surface area contributed by atoms with Crippen molar-refractivity contribution in [3.05, 3.63) is 34.9 Å². The Kier molecular flexibility index (Phi) is 5.16. The normalized spacial score (nSPS) is 14.6. The van der Waals surface area contributed by atoms with E-state index in [1.54, 1.807) is 0 Å². The third kappa shape index (κ3) is 4.14. The van der Waals surface area contributed by atoms with Gasteiger partial charge in [0.05, 0.1) is 0 Å². The quantitative estimate of drug-likeness (QED) is 0.725. The Hall–Kier alpha value is -0.860. The topological polar surface area (TPSA) is 20.3 Å². The van der Waals surface area contributed by atoms with Crippen LogP contribution in [0.4, 0.5) is 0 Å². The molecule has 0 aliphatic carbocycles. The lowest BCUT2D eigenvalue weighted by Crippen LogP contribution is -2.34. The van der Waals surface area contributed by atoms with E-state index in [2.05, 4.69) is 4.90 Å². The van der Waals surface area contributed by atoms with E-state index in [4.69, 9.17) is 11.6 Å². The van der Waals surface area contributed by atoms with Crippen LogP contribution in [0, 0.1) is 5.41 Å². The van der Waals surface area contributed by atoms with Gasteiger partial charge in [0.1, 0.15) is 6.29 Å². The minimum atomic E-state index is -0.268. The molecule has 1 unspecified atom stereocenters. The zero-order chi connectivity index (χ0) is 12.9. The van der Waals surface area contributed by atoms with Gasteiger partial charge in [0, 0.05) is 23.5 Å². The first kappa shape index (κ1) is 14.2. The van der Waals surface area contributed by atoms with Crippen LogP contribution in [0.3, 0.4) is 0 Å². The lowest BCUT2D eigenvalue weighted by Gasteiger charge is -2.28. The standard InChI is InChI=1S/C14H20ClNO/c1-4-14(2,11-17)10-16(3)9-12-7-5-6-8-13(12)15/h5-8,11H,4,9-10H2,1-3H3. The van der Waals surface area contributed by atoms with E-state index in [9.17, 15) is 4.79 Å². The van der Waals surface area contributed by atoms with Crippen LogP contribution >= 0.6 is 11.6 Å². The predicted octanol–water partition coefficient (Wildman–Crippen LogP) is 3.39. The zero-order valence-electron chi connectivity index (χ0n) is 10.7. The Morgan fingerprint density at radius 3 is 2.59 bits per heavy atom. The summed E-state index contributed by atoms with van der Waals surface area (Å²) in [6.45, 7) is 5.54. The van der Waals surface area contributed by atoms with Gasteiger partial charge >= 0.3 is 0 Å². The second kappa shape index (κ2) is 6.18. The van der Waals surface area contributed by atoms with Crippen LogP contribution in [-0.2, 0) is 11.3 Å². The minimum absolute atomic E-state index is 0.268. The largest absolute Gasteiger partial charge is 0.303 e. The predicted molar refractivity (Wildman–Crippen MR) is 72.2 cm³/mol. The fraction of sp³-hybridized carbons (Fsp3) is 0.500.